The fraction of sp³-hybridized carbons (Fsp3) is 0.579. The third kappa shape index (κ3) is 4.59. The van der Waals surface area contributed by atoms with Gasteiger partial charge in [-0.2, -0.15) is 0 Å². The molecule has 1 N–H and O–H groups in total. The lowest BCUT2D eigenvalue weighted by molar-refractivity contribution is -0.386. The molecular formula is C19H26N2O5. The van der Waals surface area contributed by atoms with Gasteiger partial charge in [0.25, 0.3) is 11.6 Å². The molecule has 1 aromatic carbocycles. The van der Waals surface area contributed by atoms with Crippen LogP contribution in [0.3, 0.4) is 0 Å². The molecule has 0 aliphatic carbocycles. The molecule has 26 heavy (non-hydrogen) atoms. The number of hydrogen-bond donors (Lipinski definition) is 1. The molecule has 0 bridgehead atoms. The second-order valence-electron chi connectivity index (χ2n) is 7.82. The number of carbonyl (C=O) groups is 2. The number of carboxylic acids is 1. The van der Waals surface area contributed by atoms with Gasteiger partial charge < -0.3 is 10.0 Å². The predicted molar refractivity (Wildman–Crippen MR) is 97.3 cm³/mol. The van der Waals surface area contributed by atoms with E-state index in [4.69, 9.17) is 5.11 Å². The van der Waals surface area contributed by atoms with E-state index in [2.05, 4.69) is 0 Å². The Bertz CT molecular complexity index is 708. The van der Waals surface area contributed by atoms with E-state index >= 15 is 0 Å². The number of aliphatic carboxylic acids is 1. The van der Waals surface area contributed by atoms with E-state index in [1.165, 1.54) is 6.07 Å². The van der Waals surface area contributed by atoms with E-state index in [1.54, 1.807) is 17.0 Å². The maximum atomic E-state index is 12.9. The van der Waals surface area contributed by atoms with Crippen molar-refractivity contribution in [3.63, 3.8) is 0 Å². The number of piperidine rings is 1. The first-order chi connectivity index (χ1) is 12.1. The Kier molecular flexibility index (Phi) is 6.00. The van der Waals surface area contributed by atoms with Gasteiger partial charge in [0.2, 0.25) is 0 Å². The van der Waals surface area contributed by atoms with Gasteiger partial charge in [0.15, 0.2) is 0 Å². The number of nitrogens with zero attached hydrogens (tertiary/aromatic N) is 2. The molecule has 0 aromatic heterocycles. The van der Waals surface area contributed by atoms with E-state index in [1.807, 2.05) is 20.8 Å². The van der Waals surface area contributed by atoms with E-state index < -0.39 is 16.3 Å². The fourth-order valence-electron chi connectivity index (χ4n) is 3.47. The smallest absolute Gasteiger partial charge is 0.303 e. The molecule has 1 aromatic rings. The molecule has 1 saturated heterocycles. The minimum Gasteiger partial charge on any atom is -0.481 e. The molecule has 0 spiro atoms. The van der Waals surface area contributed by atoms with Crippen LogP contribution in [0.25, 0.3) is 0 Å². The van der Waals surface area contributed by atoms with Crippen LogP contribution < -0.4 is 0 Å². The van der Waals surface area contributed by atoms with Gasteiger partial charge in [0.05, 0.1) is 4.92 Å². The Hall–Kier alpha value is -2.44. The largest absolute Gasteiger partial charge is 0.481 e. The number of carboxylic acid groups (broad SMARTS) is 1. The normalized spacial score (nSPS) is 17.8. The van der Waals surface area contributed by atoms with Crippen LogP contribution in [-0.4, -0.2) is 39.4 Å². The van der Waals surface area contributed by atoms with Crippen LogP contribution in [0, 0.1) is 10.1 Å². The quantitative estimate of drug-likeness (QED) is 0.635. The Morgan fingerprint density at radius 3 is 2.58 bits per heavy atom. The summed E-state index contributed by atoms with van der Waals surface area (Å²) in [6, 6.07) is 4.51. The van der Waals surface area contributed by atoms with Crippen molar-refractivity contribution in [1.29, 1.82) is 0 Å². The molecular weight excluding hydrogens is 336 g/mol. The number of nitro benzene ring substituents is 1. The highest BCUT2D eigenvalue weighted by molar-refractivity contribution is 5.95. The maximum absolute atomic E-state index is 12.9. The molecule has 0 radical (unpaired) electrons. The molecule has 1 unspecified atom stereocenters. The molecule has 7 heteroatoms. The van der Waals surface area contributed by atoms with Crippen molar-refractivity contribution >= 4 is 17.6 Å². The van der Waals surface area contributed by atoms with Gasteiger partial charge in [-0.3, -0.25) is 19.7 Å². The SMILES string of the molecule is CC(C)(C)c1ccc(C(=O)N2CCCCC2CCC(=O)O)cc1[N+](=O)[O-]. The Labute approximate surface area is 153 Å². The highest BCUT2D eigenvalue weighted by Crippen LogP contribution is 2.33. The lowest BCUT2D eigenvalue weighted by atomic mass is 9.85. The molecule has 1 aliphatic heterocycles. The van der Waals surface area contributed by atoms with Crippen LogP contribution in [0.15, 0.2) is 18.2 Å². The maximum Gasteiger partial charge on any atom is 0.303 e. The molecule has 7 nitrogen and oxygen atoms in total. The monoisotopic (exact) mass is 362 g/mol. The van der Waals surface area contributed by atoms with E-state index in [0.717, 1.165) is 19.3 Å². The predicted octanol–water partition coefficient (Wildman–Crippen LogP) is 3.75. The van der Waals surface area contributed by atoms with Gasteiger partial charge in [0.1, 0.15) is 0 Å². The summed E-state index contributed by atoms with van der Waals surface area (Å²) < 4.78 is 0. The van der Waals surface area contributed by atoms with Crippen molar-refractivity contribution < 1.29 is 19.6 Å². The summed E-state index contributed by atoms with van der Waals surface area (Å²) in [7, 11) is 0. The Balaban J connectivity index is 2.31. The number of carbonyl (C=O) groups excluding carboxylic acids is 1. The lowest BCUT2D eigenvalue weighted by Gasteiger charge is -2.35. The van der Waals surface area contributed by atoms with Crippen molar-refractivity contribution in [1.82, 2.24) is 4.90 Å². The molecule has 0 saturated carbocycles. The summed E-state index contributed by atoms with van der Waals surface area (Å²) in [5.74, 6) is -1.14. The van der Waals surface area contributed by atoms with Crippen molar-refractivity contribution in [2.45, 2.75) is 64.3 Å². The van der Waals surface area contributed by atoms with E-state index in [-0.39, 0.29) is 29.6 Å². The van der Waals surface area contributed by atoms with Crippen molar-refractivity contribution in [2.75, 3.05) is 6.54 Å². The second kappa shape index (κ2) is 7.85. The molecule has 1 heterocycles. The summed E-state index contributed by atoms with van der Waals surface area (Å²) in [5.41, 5.74) is 0.411. The number of nitro groups is 1. The molecule has 1 atom stereocenters. The molecule has 1 aliphatic rings. The molecule has 1 fully saturated rings. The third-order valence-corrected chi connectivity index (χ3v) is 4.83. The summed E-state index contributed by atoms with van der Waals surface area (Å²) in [6.45, 7) is 6.23. The first kappa shape index (κ1) is 19.9. The fourth-order valence-corrected chi connectivity index (χ4v) is 3.47. The topological polar surface area (TPSA) is 101 Å². The lowest BCUT2D eigenvalue weighted by Crippen LogP contribution is -2.44. The van der Waals surface area contributed by atoms with Crippen LogP contribution in [0.4, 0.5) is 5.69 Å². The van der Waals surface area contributed by atoms with E-state index in [0.29, 0.717) is 18.5 Å². The minimum absolute atomic E-state index is 0.0115. The van der Waals surface area contributed by atoms with Crippen molar-refractivity contribution in [2.24, 2.45) is 0 Å². The van der Waals surface area contributed by atoms with Gasteiger partial charge in [-0.05, 0) is 37.2 Å². The third-order valence-electron chi connectivity index (χ3n) is 4.83. The van der Waals surface area contributed by atoms with Gasteiger partial charge in [-0.25, -0.2) is 0 Å². The highest BCUT2D eigenvalue weighted by Gasteiger charge is 2.31. The number of benzene rings is 1. The second-order valence-corrected chi connectivity index (χ2v) is 7.82. The summed E-state index contributed by atoms with van der Waals surface area (Å²) >= 11 is 0. The van der Waals surface area contributed by atoms with Crippen LogP contribution in [0.5, 0.6) is 0 Å². The average molecular weight is 362 g/mol. The molecule has 1 amide bonds. The first-order valence-corrected chi connectivity index (χ1v) is 8.93. The number of rotatable bonds is 5. The summed E-state index contributed by atoms with van der Waals surface area (Å²) in [6.07, 6.45) is 3.00. The molecule has 142 valence electrons. The zero-order chi connectivity index (χ0) is 19.5. The number of hydrogen-bond acceptors (Lipinski definition) is 4. The first-order valence-electron chi connectivity index (χ1n) is 8.93. The van der Waals surface area contributed by atoms with Crippen molar-refractivity contribution in [3.05, 3.63) is 39.4 Å². The highest BCUT2D eigenvalue weighted by atomic mass is 16.6. The van der Waals surface area contributed by atoms with Gasteiger partial charge >= 0.3 is 5.97 Å². The zero-order valence-corrected chi connectivity index (χ0v) is 15.5. The van der Waals surface area contributed by atoms with Crippen LogP contribution in [0.2, 0.25) is 0 Å². The Morgan fingerprint density at radius 1 is 1.31 bits per heavy atom. The van der Waals surface area contributed by atoms with Gasteiger partial charge in [-0.15, -0.1) is 0 Å². The summed E-state index contributed by atoms with van der Waals surface area (Å²) in [5, 5.41) is 20.4. The molecule has 2 rings (SSSR count). The van der Waals surface area contributed by atoms with Gasteiger partial charge in [-0.1, -0.05) is 26.8 Å². The van der Waals surface area contributed by atoms with E-state index in [9.17, 15) is 19.7 Å². The Morgan fingerprint density at radius 2 is 2.00 bits per heavy atom. The number of likely N-dealkylation sites (tertiary alicyclic amines) is 1. The van der Waals surface area contributed by atoms with Crippen molar-refractivity contribution in [3.8, 4) is 0 Å². The number of amides is 1. The average Bonchev–Trinajstić information content (AvgIpc) is 2.58. The van der Waals surface area contributed by atoms with Crippen LogP contribution >= 0.6 is 0 Å². The summed E-state index contributed by atoms with van der Waals surface area (Å²) in [4.78, 5) is 36.5. The standard InChI is InChI=1S/C19H26N2O5/c1-19(2,3)15-9-7-13(12-16(15)21(25)26)18(24)20-11-5-4-6-14(20)8-10-17(22)23/h7,9,12,14H,4-6,8,10-11H2,1-3H3,(H,22,23). The van der Waals surface area contributed by atoms with Crippen LogP contribution in [0.1, 0.15) is 68.8 Å². The zero-order valence-electron chi connectivity index (χ0n) is 15.5. The minimum atomic E-state index is -0.881. The van der Waals surface area contributed by atoms with Crippen LogP contribution in [-0.2, 0) is 10.2 Å². The van der Waals surface area contributed by atoms with Gasteiger partial charge in [0, 0.05) is 36.2 Å².